The van der Waals surface area contributed by atoms with Crippen LogP contribution in [0, 0.1) is 6.92 Å². The first-order valence-corrected chi connectivity index (χ1v) is 2.82. The van der Waals surface area contributed by atoms with Crippen LogP contribution in [0.1, 0.15) is 11.5 Å². The summed E-state index contributed by atoms with van der Waals surface area (Å²) in [4.78, 5) is 9.92. The van der Waals surface area contributed by atoms with Crippen molar-refractivity contribution in [2.75, 3.05) is 0 Å². The molecule has 0 N–H and O–H groups in total. The van der Waals surface area contributed by atoms with Gasteiger partial charge in [0.05, 0.1) is 6.42 Å². The van der Waals surface area contributed by atoms with Gasteiger partial charge in [-0.25, -0.2) is 0 Å². The summed E-state index contributed by atoms with van der Waals surface area (Å²) in [7, 11) is 0. The highest BCUT2D eigenvalue weighted by atomic mass is 16.3. The lowest BCUT2D eigenvalue weighted by Gasteiger charge is -1.82. The monoisotopic (exact) mass is 124 g/mol. The quantitative estimate of drug-likeness (QED) is 0.557. The Kier molecular flexibility index (Phi) is 1.68. The summed E-state index contributed by atoms with van der Waals surface area (Å²) in [5.74, 6) is 1.59. The molecule has 0 aliphatic heterocycles. The molecule has 48 valence electrons. The number of rotatable bonds is 2. The van der Waals surface area contributed by atoms with Crippen molar-refractivity contribution in [3.8, 4) is 0 Å². The van der Waals surface area contributed by atoms with E-state index in [1.165, 1.54) is 0 Å². The Balaban J connectivity index is 2.72. The van der Waals surface area contributed by atoms with Gasteiger partial charge in [0.1, 0.15) is 17.8 Å². The minimum Gasteiger partial charge on any atom is -0.466 e. The summed E-state index contributed by atoms with van der Waals surface area (Å²) in [6.45, 7) is 1.86. The second kappa shape index (κ2) is 2.49. The van der Waals surface area contributed by atoms with E-state index in [0.29, 0.717) is 6.42 Å². The molecule has 0 amide bonds. The van der Waals surface area contributed by atoms with Crippen LogP contribution in [0.25, 0.3) is 0 Å². The molecule has 0 aromatic carbocycles. The molecule has 0 saturated carbocycles. The predicted octanol–water partition coefficient (Wildman–Crippen LogP) is 1.33. The van der Waals surface area contributed by atoms with Crippen molar-refractivity contribution in [3.05, 3.63) is 23.7 Å². The van der Waals surface area contributed by atoms with Gasteiger partial charge < -0.3 is 9.21 Å². The van der Waals surface area contributed by atoms with Crippen LogP contribution in [0.5, 0.6) is 0 Å². The molecule has 0 aliphatic carbocycles. The Morgan fingerprint density at radius 2 is 2.44 bits per heavy atom. The molecule has 1 aromatic rings. The summed E-state index contributed by atoms with van der Waals surface area (Å²) in [5.41, 5.74) is 0. The zero-order valence-electron chi connectivity index (χ0n) is 5.26. The molecule has 0 spiro atoms. The summed E-state index contributed by atoms with van der Waals surface area (Å²) in [5, 5.41) is 0. The van der Waals surface area contributed by atoms with E-state index >= 15 is 0 Å². The van der Waals surface area contributed by atoms with E-state index in [9.17, 15) is 4.79 Å². The van der Waals surface area contributed by atoms with Gasteiger partial charge in [0.15, 0.2) is 0 Å². The van der Waals surface area contributed by atoms with Crippen molar-refractivity contribution >= 4 is 6.29 Å². The molecule has 0 bridgehead atoms. The molecule has 2 heteroatoms. The molecule has 2 nitrogen and oxygen atoms in total. The molecule has 1 aromatic heterocycles. The van der Waals surface area contributed by atoms with E-state index in [4.69, 9.17) is 4.42 Å². The van der Waals surface area contributed by atoms with Gasteiger partial charge in [0.2, 0.25) is 0 Å². The normalized spacial score (nSPS) is 9.44. The Hall–Kier alpha value is -1.05. The third-order valence-corrected chi connectivity index (χ3v) is 1.08. The maximum absolute atomic E-state index is 9.92. The standard InChI is InChI=1S/C7H8O2/c1-6-2-3-7(9-6)4-5-8/h2-3,5H,4H2,1H3. The third kappa shape index (κ3) is 1.42. The van der Waals surface area contributed by atoms with Crippen LogP contribution in [0.15, 0.2) is 16.5 Å². The Morgan fingerprint density at radius 3 is 2.89 bits per heavy atom. The number of hydrogen-bond donors (Lipinski definition) is 0. The fourth-order valence-electron chi connectivity index (χ4n) is 0.677. The first kappa shape index (κ1) is 6.08. The van der Waals surface area contributed by atoms with Gasteiger partial charge in [-0.05, 0) is 19.1 Å². The maximum atomic E-state index is 9.92. The highest BCUT2D eigenvalue weighted by molar-refractivity contribution is 5.53. The van der Waals surface area contributed by atoms with E-state index in [1.54, 1.807) is 0 Å². The summed E-state index contributed by atoms with van der Waals surface area (Å²) in [6.07, 6.45) is 1.21. The van der Waals surface area contributed by atoms with Crippen LogP contribution in [-0.4, -0.2) is 6.29 Å². The molecule has 0 atom stereocenters. The van der Waals surface area contributed by atoms with Gasteiger partial charge in [0.25, 0.3) is 0 Å². The first-order chi connectivity index (χ1) is 4.33. The minimum absolute atomic E-state index is 0.383. The SMILES string of the molecule is Cc1ccc(CC=O)o1. The summed E-state index contributed by atoms with van der Waals surface area (Å²) >= 11 is 0. The molecule has 0 unspecified atom stereocenters. The van der Waals surface area contributed by atoms with Gasteiger partial charge in [-0.1, -0.05) is 0 Å². The third-order valence-electron chi connectivity index (χ3n) is 1.08. The maximum Gasteiger partial charge on any atom is 0.127 e. The Morgan fingerprint density at radius 1 is 1.67 bits per heavy atom. The lowest BCUT2D eigenvalue weighted by Crippen LogP contribution is -1.78. The van der Waals surface area contributed by atoms with Gasteiger partial charge in [0, 0.05) is 0 Å². The van der Waals surface area contributed by atoms with E-state index in [1.807, 2.05) is 19.1 Å². The number of hydrogen-bond acceptors (Lipinski definition) is 2. The van der Waals surface area contributed by atoms with Crippen LogP contribution >= 0.6 is 0 Å². The number of carbonyl (C=O) groups is 1. The lowest BCUT2D eigenvalue weighted by molar-refractivity contribution is -0.107. The molecular weight excluding hydrogens is 116 g/mol. The molecule has 0 aliphatic rings. The molecule has 0 saturated heterocycles. The van der Waals surface area contributed by atoms with Crippen LogP contribution in [-0.2, 0) is 11.2 Å². The molecule has 0 fully saturated rings. The van der Waals surface area contributed by atoms with E-state index in [2.05, 4.69) is 0 Å². The van der Waals surface area contributed by atoms with Crippen LogP contribution in [0.2, 0.25) is 0 Å². The van der Waals surface area contributed by atoms with Gasteiger partial charge in [-0.3, -0.25) is 0 Å². The number of furan rings is 1. The molecule has 1 heterocycles. The molecule has 9 heavy (non-hydrogen) atoms. The van der Waals surface area contributed by atoms with Crippen molar-refractivity contribution in [2.24, 2.45) is 0 Å². The Bertz CT molecular complexity index is 200. The fourth-order valence-corrected chi connectivity index (χ4v) is 0.677. The first-order valence-electron chi connectivity index (χ1n) is 2.82. The number of carbonyl (C=O) groups excluding carboxylic acids is 1. The van der Waals surface area contributed by atoms with E-state index < -0.39 is 0 Å². The van der Waals surface area contributed by atoms with Crippen molar-refractivity contribution in [1.29, 1.82) is 0 Å². The zero-order valence-corrected chi connectivity index (χ0v) is 5.26. The average Bonchev–Trinajstić information content (AvgIpc) is 2.17. The molecule has 1 rings (SSSR count). The number of aldehydes is 1. The van der Waals surface area contributed by atoms with Gasteiger partial charge in [-0.2, -0.15) is 0 Å². The number of aryl methyl sites for hydroxylation is 1. The van der Waals surface area contributed by atoms with Crippen molar-refractivity contribution < 1.29 is 9.21 Å². The largest absolute Gasteiger partial charge is 0.466 e. The Labute approximate surface area is 53.5 Å². The van der Waals surface area contributed by atoms with Crippen molar-refractivity contribution in [1.82, 2.24) is 0 Å². The topological polar surface area (TPSA) is 30.2 Å². The van der Waals surface area contributed by atoms with E-state index in [0.717, 1.165) is 17.8 Å². The van der Waals surface area contributed by atoms with Crippen LogP contribution < -0.4 is 0 Å². The smallest absolute Gasteiger partial charge is 0.127 e. The van der Waals surface area contributed by atoms with Crippen LogP contribution in [0.3, 0.4) is 0 Å². The zero-order chi connectivity index (χ0) is 6.69. The molecule has 0 radical (unpaired) electrons. The fraction of sp³-hybridized carbons (Fsp3) is 0.286. The van der Waals surface area contributed by atoms with Gasteiger partial charge in [-0.15, -0.1) is 0 Å². The predicted molar refractivity (Wildman–Crippen MR) is 33.2 cm³/mol. The van der Waals surface area contributed by atoms with Crippen molar-refractivity contribution in [2.45, 2.75) is 13.3 Å². The second-order valence-corrected chi connectivity index (χ2v) is 1.88. The van der Waals surface area contributed by atoms with Crippen LogP contribution in [0.4, 0.5) is 0 Å². The summed E-state index contributed by atoms with van der Waals surface area (Å²) < 4.78 is 5.09. The highest BCUT2D eigenvalue weighted by Gasteiger charge is 1.94. The second-order valence-electron chi connectivity index (χ2n) is 1.88. The van der Waals surface area contributed by atoms with Crippen molar-refractivity contribution in [3.63, 3.8) is 0 Å². The molecular formula is C7H8O2. The summed E-state index contributed by atoms with van der Waals surface area (Å²) in [6, 6.07) is 3.66. The highest BCUT2D eigenvalue weighted by Crippen LogP contribution is 2.04. The van der Waals surface area contributed by atoms with E-state index in [-0.39, 0.29) is 0 Å². The minimum atomic E-state index is 0.383. The average molecular weight is 124 g/mol. The van der Waals surface area contributed by atoms with Gasteiger partial charge >= 0.3 is 0 Å². The lowest BCUT2D eigenvalue weighted by atomic mass is 10.3.